The second-order valence-electron chi connectivity index (χ2n) is 6.90. The molecule has 7 heteroatoms. The van der Waals surface area contributed by atoms with Crippen LogP contribution in [-0.4, -0.2) is 51.1 Å². The van der Waals surface area contributed by atoms with E-state index in [-0.39, 0.29) is 11.5 Å². The van der Waals surface area contributed by atoms with Crippen molar-refractivity contribution in [1.82, 2.24) is 14.5 Å². The topological polar surface area (TPSA) is 87.5 Å². The smallest absolute Gasteiger partial charge is 0.335 e. The Morgan fingerprint density at radius 1 is 1.11 bits per heavy atom. The number of carbonyl (C=O) groups excluding carboxylic acids is 1. The molecule has 0 radical (unpaired) electrons. The van der Waals surface area contributed by atoms with E-state index >= 15 is 0 Å². The van der Waals surface area contributed by atoms with Gasteiger partial charge in [0.15, 0.2) is 0 Å². The monoisotopic (exact) mass is 378 g/mol. The standard InChI is InChI=1S/C21H22N4O3/c1-2-22-21-23-17-9-8-16(19(26)24-10-3-11-24)12-18(17)25(21)13-14-4-6-15(7-5-14)20(27)28/h4-9,12H,2-3,10-11,13H2,1H3,(H,22,23)(H,27,28). The second kappa shape index (κ2) is 7.34. The molecular formula is C21H22N4O3. The number of amides is 1. The zero-order chi connectivity index (χ0) is 19.7. The molecule has 1 fully saturated rings. The predicted octanol–water partition coefficient (Wildman–Crippen LogP) is 3.06. The Hall–Kier alpha value is -3.35. The van der Waals surface area contributed by atoms with Crippen LogP contribution in [0.25, 0.3) is 11.0 Å². The predicted molar refractivity (Wildman–Crippen MR) is 107 cm³/mol. The number of imidazole rings is 1. The van der Waals surface area contributed by atoms with Crippen LogP contribution in [0.4, 0.5) is 5.95 Å². The summed E-state index contributed by atoms with van der Waals surface area (Å²) in [6, 6.07) is 12.4. The SMILES string of the molecule is CCNc1nc2ccc(C(=O)N3CCC3)cc2n1Cc1ccc(C(=O)O)cc1. The van der Waals surface area contributed by atoms with Gasteiger partial charge in [0, 0.05) is 25.2 Å². The number of fused-ring (bicyclic) bond motifs is 1. The highest BCUT2D eigenvalue weighted by atomic mass is 16.4. The number of nitrogens with zero attached hydrogens (tertiary/aromatic N) is 3. The van der Waals surface area contributed by atoms with Crippen LogP contribution in [0.2, 0.25) is 0 Å². The number of rotatable bonds is 6. The Morgan fingerprint density at radius 3 is 2.43 bits per heavy atom. The molecule has 3 aromatic rings. The van der Waals surface area contributed by atoms with Crippen molar-refractivity contribution in [2.75, 3.05) is 25.0 Å². The third-order valence-corrected chi connectivity index (χ3v) is 5.01. The maximum absolute atomic E-state index is 12.6. The molecule has 0 saturated carbocycles. The van der Waals surface area contributed by atoms with Gasteiger partial charge in [-0.05, 0) is 49.2 Å². The maximum atomic E-state index is 12.6. The average molecular weight is 378 g/mol. The zero-order valence-electron chi connectivity index (χ0n) is 15.7. The molecule has 4 rings (SSSR count). The van der Waals surface area contributed by atoms with Gasteiger partial charge in [0.05, 0.1) is 23.1 Å². The third kappa shape index (κ3) is 3.31. The fraction of sp³-hybridized carbons (Fsp3) is 0.286. The van der Waals surface area contributed by atoms with Crippen molar-refractivity contribution in [3.05, 3.63) is 59.2 Å². The Morgan fingerprint density at radius 2 is 1.82 bits per heavy atom. The van der Waals surface area contributed by atoms with E-state index in [0.29, 0.717) is 12.1 Å². The minimum absolute atomic E-state index is 0.0525. The molecule has 1 saturated heterocycles. The molecule has 1 aromatic heterocycles. The van der Waals surface area contributed by atoms with Crippen molar-refractivity contribution in [2.24, 2.45) is 0 Å². The van der Waals surface area contributed by atoms with Crippen molar-refractivity contribution >= 4 is 28.9 Å². The summed E-state index contributed by atoms with van der Waals surface area (Å²) in [5.74, 6) is -0.160. The van der Waals surface area contributed by atoms with Gasteiger partial charge in [0.25, 0.3) is 5.91 Å². The number of carboxylic acid groups (broad SMARTS) is 1. The largest absolute Gasteiger partial charge is 0.478 e. The van der Waals surface area contributed by atoms with E-state index in [1.54, 1.807) is 24.3 Å². The summed E-state index contributed by atoms with van der Waals surface area (Å²) < 4.78 is 2.03. The quantitative estimate of drug-likeness (QED) is 0.688. The Kier molecular flexibility index (Phi) is 4.73. The van der Waals surface area contributed by atoms with E-state index in [2.05, 4.69) is 10.3 Å². The van der Waals surface area contributed by atoms with Crippen LogP contribution in [0.1, 0.15) is 39.6 Å². The molecule has 1 aliphatic rings. The molecule has 2 aromatic carbocycles. The Balaban J connectivity index is 1.72. The number of aromatic nitrogens is 2. The molecule has 28 heavy (non-hydrogen) atoms. The first-order chi connectivity index (χ1) is 13.6. The van der Waals surface area contributed by atoms with Gasteiger partial charge in [-0.3, -0.25) is 4.79 Å². The number of anilines is 1. The lowest BCUT2D eigenvalue weighted by atomic mass is 10.1. The van der Waals surface area contributed by atoms with Gasteiger partial charge in [-0.1, -0.05) is 12.1 Å². The number of carbonyl (C=O) groups is 2. The highest BCUT2D eigenvalue weighted by Gasteiger charge is 2.22. The highest BCUT2D eigenvalue weighted by Crippen LogP contribution is 2.24. The fourth-order valence-electron chi connectivity index (χ4n) is 3.35. The van der Waals surface area contributed by atoms with Crippen LogP contribution in [0.3, 0.4) is 0 Å². The van der Waals surface area contributed by atoms with Crippen molar-refractivity contribution < 1.29 is 14.7 Å². The lowest BCUT2D eigenvalue weighted by Crippen LogP contribution is -2.42. The van der Waals surface area contributed by atoms with Gasteiger partial charge in [-0.25, -0.2) is 9.78 Å². The number of hydrogen-bond acceptors (Lipinski definition) is 4. The van der Waals surface area contributed by atoms with Crippen molar-refractivity contribution in [1.29, 1.82) is 0 Å². The molecule has 2 heterocycles. The van der Waals surface area contributed by atoms with Crippen LogP contribution < -0.4 is 5.32 Å². The molecule has 1 aliphatic heterocycles. The molecule has 0 atom stereocenters. The maximum Gasteiger partial charge on any atom is 0.335 e. The van der Waals surface area contributed by atoms with Gasteiger partial charge in [0.2, 0.25) is 5.95 Å². The molecule has 0 spiro atoms. The summed E-state index contributed by atoms with van der Waals surface area (Å²) in [5, 5.41) is 12.4. The minimum atomic E-state index is -0.942. The first-order valence-electron chi connectivity index (χ1n) is 9.42. The Bertz CT molecular complexity index is 1040. The van der Waals surface area contributed by atoms with E-state index in [4.69, 9.17) is 5.11 Å². The van der Waals surface area contributed by atoms with E-state index in [0.717, 1.165) is 48.6 Å². The van der Waals surface area contributed by atoms with Crippen LogP contribution in [0.15, 0.2) is 42.5 Å². The van der Waals surface area contributed by atoms with Gasteiger partial charge < -0.3 is 19.9 Å². The van der Waals surface area contributed by atoms with Gasteiger partial charge in [-0.15, -0.1) is 0 Å². The molecule has 1 amide bonds. The highest BCUT2D eigenvalue weighted by molar-refractivity contribution is 5.98. The first-order valence-corrected chi connectivity index (χ1v) is 9.42. The molecule has 0 bridgehead atoms. The average Bonchev–Trinajstić information content (AvgIpc) is 2.97. The van der Waals surface area contributed by atoms with Crippen LogP contribution in [0, 0.1) is 0 Å². The molecule has 2 N–H and O–H groups in total. The summed E-state index contributed by atoms with van der Waals surface area (Å²) in [5.41, 5.74) is 3.58. The van der Waals surface area contributed by atoms with E-state index in [1.165, 1.54) is 0 Å². The van der Waals surface area contributed by atoms with Crippen LogP contribution in [-0.2, 0) is 6.54 Å². The lowest BCUT2D eigenvalue weighted by Gasteiger charge is -2.30. The molecular weight excluding hydrogens is 356 g/mol. The number of hydrogen-bond donors (Lipinski definition) is 2. The van der Waals surface area contributed by atoms with E-state index in [9.17, 15) is 9.59 Å². The molecule has 144 valence electrons. The molecule has 7 nitrogen and oxygen atoms in total. The number of nitrogens with one attached hydrogen (secondary N) is 1. The summed E-state index contributed by atoms with van der Waals surface area (Å²) >= 11 is 0. The van der Waals surface area contributed by atoms with Gasteiger partial charge >= 0.3 is 5.97 Å². The lowest BCUT2D eigenvalue weighted by molar-refractivity contribution is 0.0650. The molecule has 0 unspecified atom stereocenters. The summed E-state index contributed by atoms with van der Waals surface area (Å²) in [6.07, 6.45) is 1.06. The van der Waals surface area contributed by atoms with Gasteiger partial charge in [0.1, 0.15) is 0 Å². The summed E-state index contributed by atoms with van der Waals surface area (Å²) in [6.45, 7) is 4.88. The van der Waals surface area contributed by atoms with Crippen molar-refractivity contribution in [2.45, 2.75) is 19.9 Å². The number of benzene rings is 2. The summed E-state index contributed by atoms with van der Waals surface area (Å²) in [4.78, 5) is 30.2. The molecule has 0 aliphatic carbocycles. The number of carboxylic acids is 1. The Labute approximate surface area is 162 Å². The van der Waals surface area contributed by atoms with E-state index in [1.807, 2.05) is 34.6 Å². The fourth-order valence-corrected chi connectivity index (χ4v) is 3.35. The second-order valence-corrected chi connectivity index (χ2v) is 6.90. The zero-order valence-corrected chi connectivity index (χ0v) is 15.7. The minimum Gasteiger partial charge on any atom is -0.478 e. The van der Waals surface area contributed by atoms with Crippen LogP contribution in [0.5, 0.6) is 0 Å². The van der Waals surface area contributed by atoms with Crippen LogP contribution >= 0.6 is 0 Å². The summed E-state index contributed by atoms with van der Waals surface area (Å²) in [7, 11) is 0. The number of likely N-dealkylation sites (tertiary alicyclic amines) is 1. The number of aromatic carboxylic acids is 1. The van der Waals surface area contributed by atoms with Crippen molar-refractivity contribution in [3.63, 3.8) is 0 Å². The van der Waals surface area contributed by atoms with Crippen molar-refractivity contribution in [3.8, 4) is 0 Å². The third-order valence-electron chi connectivity index (χ3n) is 5.01. The van der Waals surface area contributed by atoms with E-state index < -0.39 is 5.97 Å². The normalized spacial score (nSPS) is 13.4. The van der Waals surface area contributed by atoms with Gasteiger partial charge in [-0.2, -0.15) is 0 Å². The first kappa shape index (κ1) is 18.0.